The van der Waals surface area contributed by atoms with Crippen LogP contribution in [0.5, 0.6) is 0 Å². The van der Waals surface area contributed by atoms with Gasteiger partial charge in [-0.25, -0.2) is 13.1 Å². The van der Waals surface area contributed by atoms with Crippen LogP contribution >= 0.6 is 11.3 Å². The van der Waals surface area contributed by atoms with Crippen molar-refractivity contribution in [1.29, 1.82) is 0 Å². The van der Waals surface area contributed by atoms with Crippen LogP contribution in [0.15, 0.2) is 10.3 Å². The highest BCUT2D eigenvalue weighted by atomic mass is 32.2. The van der Waals surface area contributed by atoms with Gasteiger partial charge in [-0.15, -0.1) is 11.3 Å². The van der Waals surface area contributed by atoms with Crippen LogP contribution in [-0.4, -0.2) is 21.0 Å². The Morgan fingerprint density at radius 2 is 2.15 bits per heavy atom. The maximum atomic E-state index is 12.7. The smallest absolute Gasteiger partial charge is 0.242 e. The van der Waals surface area contributed by atoms with Crippen molar-refractivity contribution >= 4 is 21.4 Å². The SMILES string of the molecule is CCNCc1scc(C)c1S(=O)(=O)NC1CCCC1C. The van der Waals surface area contributed by atoms with Crippen LogP contribution in [0.4, 0.5) is 0 Å². The second-order valence-corrected chi connectivity index (χ2v) is 8.20. The zero-order chi connectivity index (χ0) is 14.8. The summed E-state index contributed by atoms with van der Waals surface area (Å²) >= 11 is 1.52. The van der Waals surface area contributed by atoms with Crippen molar-refractivity contribution in [2.45, 2.75) is 57.5 Å². The summed E-state index contributed by atoms with van der Waals surface area (Å²) in [6.45, 7) is 7.47. The van der Waals surface area contributed by atoms with E-state index in [-0.39, 0.29) is 6.04 Å². The predicted octanol–water partition coefficient (Wildman–Crippen LogP) is 2.63. The van der Waals surface area contributed by atoms with Gasteiger partial charge in [-0.05, 0) is 43.2 Å². The highest BCUT2D eigenvalue weighted by molar-refractivity contribution is 7.89. The van der Waals surface area contributed by atoms with Crippen LogP contribution in [0.2, 0.25) is 0 Å². The van der Waals surface area contributed by atoms with Gasteiger partial charge in [0.1, 0.15) is 4.90 Å². The van der Waals surface area contributed by atoms with Crippen molar-refractivity contribution in [2.24, 2.45) is 5.92 Å². The molecule has 0 aromatic carbocycles. The first kappa shape index (κ1) is 15.9. The van der Waals surface area contributed by atoms with Crippen LogP contribution < -0.4 is 10.0 Å². The number of nitrogens with one attached hydrogen (secondary N) is 2. The van der Waals surface area contributed by atoms with Crippen molar-refractivity contribution < 1.29 is 8.42 Å². The summed E-state index contributed by atoms with van der Waals surface area (Å²) in [4.78, 5) is 1.39. The third kappa shape index (κ3) is 3.42. The maximum Gasteiger partial charge on any atom is 0.242 e. The van der Waals surface area contributed by atoms with Crippen molar-refractivity contribution in [1.82, 2.24) is 10.0 Å². The maximum absolute atomic E-state index is 12.7. The van der Waals surface area contributed by atoms with Crippen LogP contribution in [0.25, 0.3) is 0 Å². The lowest BCUT2D eigenvalue weighted by atomic mass is 10.1. The summed E-state index contributed by atoms with van der Waals surface area (Å²) in [5.41, 5.74) is 0.848. The van der Waals surface area contributed by atoms with Gasteiger partial charge in [0.25, 0.3) is 0 Å². The zero-order valence-electron chi connectivity index (χ0n) is 12.4. The molecule has 4 nitrogen and oxygen atoms in total. The molecule has 1 aromatic heterocycles. The molecule has 1 aromatic rings. The average Bonchev–Trinajstić information content (AvgIpc) is 2.94. The van der Waals surface area contributed by atoms with Gasteiger partial charge in [-0.1, -0.05) is 20.3 Å². The molecule has 2 rings (SSSR count). The van der Waals surface area contributed by atoms with Gasteiger partial charge in [0.05, 0.1) is 0 Å². The number of hydrogen-bond acceptors (Lipinski definition) is 4. The molecule has 1 fully saturated rings. The highest BCUT2D eigenvalue weighted by Gasteiger charge is 2.30. The standard InChI is InChI=1S/C14H24N2O2S2/c1-4-15-8-13-14(11(3)9-19-13)20(17,18)16-12-7-5-6-10(12)2/h9-10,12,15-16H,4-8H2,1-3H3. The first-order valence-electron chi connectivity index (χ1n) is 7.25. The van der Waals surface area contributed by atoms with E-state index in [0.29, 0.717) is 17.4 Å². The summed E-state index contributed by atoms with van der Waals surface area (Å²) in [6, 6.07) is 0.0892. The predicted molar refractivity (Wildman–Crippen MR) is 83.6 cm³/mol. The van der Waals surface area contributed by atoms with Crippen LogP contribution in [0, 0.1) is 12.8 Å². The molecule has 2 unspecified atom stereocenters. The minimum Gasteiger partial charge on any atom is -0.312 e. The summed E-state index contributed by atoms with van der Waals surface area (Å²) < 4.78 is 28.3. The fourth-order valence-corrected chi connectivity index (χ4v) is 5.95. The van der Waals surface area contributed by atoms with Crippen LogP contribution in [0.1, 0.15) is 43.6 Å². The summed E-state index contributed by atoms with van der Waals surface area (Å²) in [5, 5.41) is 5.14. The van der Waals surface area contributed by atoms with E-state index >= 15 is 0 Å². The third-order valence-electron chi connectivity index (χ3n) is 3.96. The van der Waals surface area contributed by atoms with Crippen molar-refractivity contribution in [3.05, 3.63) is 15.8 Å². The van der Waals surface area contributed by atoms with E-state index < -0.39 is 10.0 Å². The molecule has 20 heavy (non-hydrogen) atoms. The number of rotatable bonds is 6. The van der Waals surface area contributed by atoms with E-state index in [1.807, 2.05) is 19.2 Å². The molecule has 0 bridgehead atoms. The Morgan fingerprint density at radius 3 is 2.75 bits per heavy atom. The normalized spacial score (nSPS) is 23.4. The van der Waals surface area contributed by atoms with E-state index in [9.17, 15) is 8.42 Å². The Balaban J connectivity index is 2.22. The number of aryl methyl sites for hydroxylation is 1. The van der Waals surface area contributed by atoms with Gasteiger partial charge in [-0.2, -0.15) is 0 Å². The molecule has 2 atom stereocenters. The lowest BCUT2D eigenvalue weighted by molar-refractivity contribution is 0.476. The molecule has 0 amide bonds. The second kappa shape index (κ2) is 6.56. The topological polar surface area (TPSA) is 58.2 Å². The molecule has 0 aliphatic heterocycles. The molecule has 1 heterocycles. The minimum absolute atomic E-state index is 0.0892. The van der Waals surface area contributed by atoms with E-state index in [1.165, 1.54) is 11.3 Å². The van der Waals surface area contributed by atoms with E-state index in [1.54, 1.807) is 0 Å². The van der Waals surface area contributed by atoms with Crippen LogP contribution in [0.3, 0.4) is 0 Å². The Morgan fingerprint density at radius 1 is 1.40 bits per heavy atom. The largest absolute Gasteiger partial charge is 0.312 e. The lowest BCUT2D eigenvalue weighted by Gasteiger charge is -2.18. The van der Waals surface area contributed by atoms with Crippen LogP contribution in [-0.2, 0) is 16.6 Å². The average molecular weight is 316 g/mol. The Hall–Kier alpha value is -0.430. The van der Waals surface area contributed by atoms with Gasteiger partial charge in [0.15, 0.2) is 0 Å². The molecule has 0 saturated heterocycles. The molecule has 0 radical (unpaired) electrons. The Labute approximate surface area is 126 Å². The van der Waals surface area contributed by atoms with Gasteiger partial charge in [0, 0.05) is 17.5 Å². The van der Waals surface area contributed by atoms with E-state index in [0.717, 1.165) is 36.2 Å². The molecule has 0 spiro atoms. The molecular weight excluding hydrogens is 292 g/mol. The molecular formula is C14H24N2O2S2. The van der Waals surface area contributed by atoms with E-state index in [2.05, 4.69) is 17.0 Å². The Kier molecular flexibility index (Phi) is 5.23. The quantitative estimate of drug-likeness (QED) is 0.848. The van der Waals surface area contributed by atoms with Gasteiger partial charge >= 0.3 is 0 Å². The minimum atomic E-state index is -3.40. The second-order valence-electron chi connectivity index (χ2n) is 5.59. The zero-order valence-corrected chi connectivity index (χ0v) is 14.0. The van der Waals surface area contributed by atoms with Gasteiger partial charge in [0.2, 0.25) is 10.0 Å². The number of thiophene rings is 1. The molecule has 6 heteroatoms. The summed E-state index contributed by atoms with van der Waals surface area (Å²) in [6.07, 6.45) is 3.17. The number of hydrogen-bond donors (Lipinski definition) is 2. The van der Waals surface area contributed by atoms with E-state index in [4.69, 9.17) is 0 Å². The van der Waals surface area contributed by atoms with Crippen molar-refractivity contribution in [3.63, 3.8) is 0 Å². The number of sulfonamides is 1. The molecule has 114 valence electrons. The lowest BCUT2D eigenvalue weighted by Crippen LogP contribution is -2.37. The van der Waals surface area contributed by atoms with Crippen molar-refractivity contribution in [3.8, 4) is 0 Å². The Bertz CT molecular complexity index is 552. The molecule has 1 aliphatic rings. The third-order valence-corrected chi connectivity index (χ3v) is 6.91. The monoisotopic (exact) mass is 316 g/mol. The van der Waals surface area contributed by atoms with Gasteiger partial charge in [-0.3, -0.25) is 0 Å². The summed E-state index contributed by atoms with van der Waals surface area (Å²) in [5.74, 6) is 0.431. The van der Waals surface area contributed by atoms with Crippen molar-refractivity contribution in [2.75, 3.05) is 6.54 Å². The fraction of sp³-hybridized carbons (Fsp3) is 0.714. The first-order chi connectivity index (χ1) is 9.45. The van der Waals surface area contributed by atoms with Gasteiger partial charge < -0.3 is 5.32 Å². The summed E-state index contributed by atoms with van der Waals surface area (Å²) in [7, 11) is -3.40. The molecule has 1 aliphatic carbocycles. The molecule has 2 N–H and O–H groups in total. The highest BCUT2D eigenvalue weighted by Crippen LogP contribution is 2.30. The fourth-order valence-electron chi connectivity index (χ4n) is 2.79. The molecule has 1 saturated carbocycles. The first-order valence-corrected chi connectivity index (χ1v) is 9.62.